The first kappa shape index (κ1) is 15.3. The molecule has 0 fully saturated rings. The third kappa shape index (κ3) is 2.92. The van der Waals surface area contributed by atoms with Crippen molar-refractivity contribution >= 4 is 15.9 Å². The SMILES string of the molecule is CCP(=O)(CC)C(C)[Si](OC)(OC)OC. The van der Waals surface area contributed by atoms with Gasteiger partial charge in [-0.25, -0.2) is 0 Å². The maximum Gasteiger partial charge on any atom is 0.510 e. The lowest BCUT2D eigenvalue weighted by molar-refractivity contribution is 0.122. The quantitative estimate of drug-likeness (QED) is 0.516. The van der Waals surface area contributed by atoms with Gasteiger partial charge >= 0.3 is 8.80 Å². The van der Waals surface area contributed by atoms with E-state index in [-0.39, 0.29) is 5.28 Å². The van der Waals surface area contributed by atoms with Gasteiger partial charge in [0, 0.05) is 21.3 Å². The van der Waals surface area contributed by atoms with Crippen LogP contribution < -0.4 is 0 Å². The van der Waals surface area contributed by atoms with Gasteiger partial charge in [-0.3, -0.25) is 0 Å². The van der Waals surface area contributed by atoms with Crippen LogP contribution in [0.5, 0.6) is 0 Å². The third-order valence-corrected chi connectivity index (χ3v) is 11.8. The van der Waals surface area contributed by atoms with E-state index in [1.54, 1.807) is 21.3 Å². The first-order chi connectivity index (χ1) is 6.96. The van der Waals surface area contributed by atoms with Gasteiger partial charge in [-0.15, -0.1) is 0 Å². The molecule has 0 radical (unpaired) electrons. The van der Waals surface area contributed by atoms with Crippen molar-refractivity contribution in [3.8, 4) is 0 Å². The molecule has 0 aliphatic carbocycles. The van der Waals surface area contributed by atoms with Gasteiger partial charge in [0.15, 0.2) is 0 Å². The second kappa shape index (κ2) is 6.16. The summed E-state index contributed by atoms with van der Waals surface area (Å²) in [6.07, 6.45) is 1.32. The van der Waals surface area contributed by atoms with Crippen molar-refractivity contribution in [3.63, 3.8) is 0 Å². The summed E-state index contributed by atoms with van der Waals surface area (Å²) in [5.74, 6) is 0. The normalized spacial score (nSPS) is 15.3. The van der Waals surface area contributed by atoms with Gasteiger partial charge < -0.3 is 17.8 Å². The number of hydrogen-bond donors (Lipinski definition) is 0. The summed E-state index contributed by atoms with van der Waals surface area (Å²) in [6.45, 7) is 5.80. The molecule has 1 atom stereocenters. The summed E-state index contributed by atoms with van der Waals surface area (Å²) in [4.78, 5) is 0. The van der Waals surface area contributed by atoms with Crippen LogP contribution in [-0.4, -0.2) is 47.7 Å². The first-order valence-corrected chi connectivity index (χ1v) is 9.14. The molecule has 0 rings (SSSR count). The third-order valence-electron chi connectivity index (χ3n) is 3.14. The Morgan fingerprint density at radius 3 is 1.60 bits per heavy atom. The molecule has 0 N–H and O–H groups in total. The summed E-state index contributed by atoms with van der Waals surface area (Å²) in [5.41, 5.74) is 0. The van der Waals surface area contributed by atoms with Crippen molar-refractivity contribution in [2.75, 3.05) is 33.7 Å². The van der Waals surface area contributed by atoms with Crippen LogP contribution >= 0.6 is 7.14 Å². The fourth-order valence-corrected chi connectivity index (χ4v) is 9.24. The molecule has 0 saturated heterocycles. The average molecular weight is 254 g/mol. The fraction of sp³-hybridized carbons (Fsp3) is 1.00. The Kier molecular flexibility index (Phi) is 6.29. The van der Waals surface area contributed by atoms with E-state index in [9.17, 15) is 4.57 Å². The van der Waals surface area contributed by atoms with Crippen LogP contribution in [0.2, 0.25) is 0 Å². The number of hydrogen-bond acceptors (Lipinski definition) is 4. The predicted molar refractivity (Wildman–Crippen MR) is 64.9 cm³/mol. The maximum absolute atomic E-state index is 12.6. The largest absolute Gasteiger partial charge is 0.510 e. The Bertz CT molecular complexity index is 214. The Hall–Kier alpha value is 0.327. The van der Waals surface area contributed by atoms with Crippen LogP contribution in [0.4, 0.5) is 0 Å². The molecule has 0 aliphatic rings. The molecule has 0 bridgehead atoms. The van der Waals surface area contributed by atoms with Gasteiger partial charge in [-0.05, 0) is 12.3 Å². The van der Waals surface area contributed by atoms with Gasteiger partial charge in [0.05, 0.1) is 12.4 Å². The highest BCUT2D eigenvalue weighted by Gasteiger charge is 2.52. The molecular weight excluding hydrogens is 231 g/mol. The highest BCUT2D eigenvalue weighted by Crippen LogP contribution is 2.53. The molecule has 0 aromatic carbocycles. The predicted octanol–water partition coefficient (Wildman–Crippen LogP) is 2.20. The molecular formula is C9H23O4PSi. The Morgan fingerprint density at radius 2 is 1.40 bits per heavy atom. The second-order valence-electron chi connectivity index (χ2n) is 3.48. The van der Waals surface area contributed by atoms with Gasteiger partial charge in [-0.2, -0.15) is 0 Å². The zero-order valence-corrected chi connectivity index (χ0v) is 12.5. The van der Waals surface area contributed by atoms with Crippen molar-refractivity contribution in [2.45, 2.75) is 26.1 Å². The van der Waals surface area contributed by atoms with Crippen molar-refractivity contribution in [2.24, 2.45) is 0 Å². The summed E-state index contributed by atoms with van der Waals surface area (Å²) in [5, 5.41) is -0.139. The maximum atomic E-state index is 12.6. The lowest BCUT2D eigenvalue weighted by atomic mass is 10.9. The standard InChI is InChI=1S/C9H23O4PSi/c1-7-14(10,8-2)9(3)15(11-4,12-5)13-6/h9H,7-8H2,1-6H3. The molecule has 0 amide bonds. The molecule has 0 saturated carbocycles. The molecule has 6 heteroatoms. The molecule has 0 aromatic rings. The molecule has 0 aromatic heterocycles. The minimum Gasteiger partial charge on any atom is -0.376 e. The molecule has 0 heterocycles. The topological polar surface area (TPSA) is 44.8 Å². The Balaban J connectivity index is 5.08. The van der Waals surface area contributed by atoms with E-state index in [4.69, 9.17) is 13.3 Å². The summed E-state index contributed by atoms with van der Waals surface area (Å²) >= 11 is 0. The van der Waals surface area contributed by atoms with E-state index < -0.39 is 15.9 Å². The van der Waals surface area contributed by atoms with Gasteiger partial charge in [-0.1, -0.05) is 20.8 Å². The molecule has 15 heavy (non-hydrogen) atoms. The van der Waals surface area contributed by atoms with E-state index in [2.05, 4.69) is 0 Å². The van der Waals surface area contributed by atoms with Crippen molar-refractivity contribution in [1.82, 2.24) is 0 Å². The van der Waals surface area contributed by atoms with Crippen molar-refractivity contribution < 1.29 is 17.8 Å². The van der Waals surface area contributed by atoms with Gasteiger partial charge in [0.25, 0.3) is 0 Å². The second-order valence-corrected chi connectivity index (χ2v) is 11.2. The molecule has 0 aliphatic heterocycles. The molecule has 1 unspecified atom stereocenters. The van der Waals surface area contributed by atoms with Crippen molar-refractivity contribution in [3.05, 3.63) is 0 Å². The van der Waals surface area contributed by atoms with Crippen LogP contribution in [-0.2, 0) is 17.8 Å². The van der Waals surface area contributed by atoms with E-state index >= 15 is 0 Å². The Labute approximate surface area is 94.0 Å². The smallest absolute Gasteiger partial charge is 0.376 e. The van der Waals surface area contributed by atoms with Crippen molar-refractivity contribution in [1.29, 1.82) is 0 Å². The molecule has 4 nitrogen and oxygen atoms in total. The highest BCUT2D eigenvalue weighted by molar-refractivity contribution is 7.66. The highest BCUT2D eigenvalue weighted by atomic mass is 31.2. The fourth-order valence-electron chi connectivity index (χ4n) is 1.82. The van der Waals surface area contributed by atoms with Gasteiger partial charge in [0.1, 0.15) is 0 Å². The first-order valence-electron chi connectivity index (χ1n) is 5.19. The average Bonchev–Trinajstić information content (AvgIpc) is 2.30. The van der Waals surface area contributed by atoms with Crippen LogP contribution in [0, 0.1) is 0 Å². The Morgan fingerprint density at radius 1 is 1.07 bits per heavy atom. The van der Waals surface area contributed by atoms with E-state index in [0.717, 1.165) is 0 Å². The molecule has 92 valence electrons. The summed E-state index contributed by atoms with van der Waals surface area (Å²) in [7, 11) is -0.335. The van der Waals surface area contributed by atoms with Crippen LogP contribution in [0.15, 0.2) is 0 Å². The minimum atomic E-state index is -2.76. The lowest BCUT2D eigenvalue weighted by Crippen LogP contribution is -2.53. The minimum absolute atomic E-state index is 0.139. The zero-order chi connectivity index (χ0) is 12.1. The lowest BCUT2D eigenvalue weighted by Gasteiger charge is -2.34. The van der Waals surface area contributed by atoms with E-state index in [1.165, 1.54) is 0 Å². The number of rotatable bonds is 7. The monoisotopic (exact) mass is 254 g/mol. The van der Waals surface area contributed by atoms with E-state index in [0.29, 0.717) is 12.3 Å². The van der Waals surface area contributed by atoms with E-state index in [1.807, 2.05) is 20.8 Å². The van der Waals surface area contributed by atoms with Crippen LogP contribution in [0.3, 0.4) is 0 Å². The zero-order valence-electron chi connectivity index (χ0n) is 10.6. The van der Waals surface area contributed by atoms with Gasteiger partial charge in [0.2, 0.25) is 0 Å². The summed E-state index contributed by atoms with van der Waals surface area (Å²) < 4.78 is 28.7. The summed E-state index contributed by atoms with van der Waals surface area (Å²) in [6, 6.07) is 0. The van der Waals surface area contributed by atoms with Crippen LogP contribution in [0.1, 0.15) is 20.8 Å². The molecule has 0 spiro atoms. The van der Waals surface area contributed by atoms with Crippen LogP contribution in [0.25, 0.3) is 0 Å².